The van der Waals surface area contributed by atoms with Crippen molar-refractivity contribution in [2.75, 3.05) is 13.2 Å². The first-order valence-electron chi connectivity index (χ1n) is 7.43. The topological polar surface area (TPSA) is 51.2 Å². The molecule has 0 saturated heterocycles. The predicted octanol–water partition coefficient (Wildman–Crippen LogP) is 2.71. The van der Waals surface area contributed by atoms with Crippen molar-refractivity contribution in [1.82, 2.24) is 10.3 Å². The van der Waals surface area contributed by atoms with Gasteiger partial charge in [0.15, 0.2) is 0 Å². The van der Waals surface area contributed by atoms with Gasteiger partial charge in [0.2, 0.25) is 5.91 Å². The molecule has 0 aromatic carbocycles. The molecule has 5 heteroatoms. The van der Waals surface area contributed by atoms with Gasteiger partial charge >= 0.3 is 0 Å². The van der Waals surface area contributed by atoms with E-state index < -0.39 is 0 Å². The van der Waals surface area contributed by atoms with Crippen LogP contribution in [0.4, 0.5) is 0 Å². The third-order valence-corrected chi connectivity index (χ3v) is 4.69. The van der Waals surface area contributed by atoms with E-state index in [4.69, 9.17) is 4.74 Å². The monoisotopic (exact) mass is 296 g/mol. The lowest BCUT2D eigenvalue weighted by molar-refractivity contribution is -0.128. The van der Waals surface area contributed by atoms with Gasteiger partial charge in [0, 0.05) is 24.0 Å². The van der Waals surface area contributed by atoms with Gasteiger partial charge in [-0.15, -0.1) is 11.3 Å². The minimum absolute atomic E-state index is 0.0171. The molecule has 0 bridgehead atoms. The molecule has 1 heterocycles. The summed E-state index contributed by atoms with van der Waals surface area (Å²) in [6, 6.07) is 0. The second-order valence-electron chi connectivity index (χ2n) is 5.69. The molecule has 112 valence electrons. The smallest absolute Gasteiger partial charge is 0.246 e. The first-order valence-corrected chi connectivity index (χ1v) is 8.30. The maximum Gasteiger partial charge on any atom is 0.246 e. The van der Waals surface area contributed by atoms with E-state index in [1.165, 1.54) is 12.8 Å². The number of carbonyl (C=O) groups excluding carboxylic acids is 1. The lowest BCUT2D eigenvalue weighted by Crippen LogP contribution is -2.32. The Morgan fingerprint density at radius 2 is 2.40 bits per heavy atom. The molecule has 1 aliphatic rings. The van der Waals surface area contributed by atoms with Crippen LogP contribution in [0, 0.1) is 12.8 Å². The molecule has 1 aromatic rings. The summed E-state index contributed by atoms with van der Waals surface area (Å²) in [7, 11) is 0. The van der Waals surface area contributed by atoms with Gasteiger partial charge in [0.1, 0.15) is 6.61 Å². The van der Waals surface area contributed by atoms with Gasteiger partial charge in [-0.3, -0.25) is 4.79 Å². The number of aryl methyl sites for hydroxylation is 1. The minimum atomic E-state index is -0.0171. The Morgan fingerprint density at radius 1 is 1.55 bits per heavy atom. The molecule has 0 radical (unpaired) electrons. The average Bonchev–Trinajstić information content (AvgIpc) is 2.82. The highest BCUT2D eigenvalue weighted by atomic mass is 32.1. The molecule has 1 aliphatic carbocycles. The fourth-order valence-electron chi connectivity index (χ4n) is 2.60. The van der Waals surface area contributed by atoms with Crippen LogP contribution in [0.1, 0.15) is 43.3 Å². The lowest BCUT2D eigenvalue weighted by Gasteiger charge is -2.26. The highest BCUT2D eigenvalue weighted by molar-refractivity contribution is 7.09. The van der Waals surface area contributed by atoms with E-state index in [0.717, 1.165) is 35.9 Å². The largest absolute Gasteiger partial charge is 0.368 e. The quantitative estimate of drug-likeness (QED) is 0.878. The van der Waals surface area contributed by atoms with E-state index >= 15 is 0 Å². The zero-order valence-corrected chi connectivity index (χ0v) is 13.2. The third kappa shape index (κ3) is 5.21. The number of thiazole rings is 1. The van der Waals surface area contributed by atoms with Crippen LogP contribution in [-0.2, 0) is 16.0 Å². The van der Waals surface area contributed by atoms with Crippen LogP contribution < -0.4 is 5.32 Å². The summed E-state index contributed by atoms with van der Waals surface area (Å²) < 4.78 is 5.70. The Balaban J connectivity index is 1.58. The van der Waals surface area contributed by atoms with Crippen molar-refractivity contribution >= 4 is 17.2 Å². The van der Waals surface area contributed by atoms with Crippen LogP contribution in [0.3, 0.4) is 0 Å². The number of carbonyl (C=O) groups is 1. The Kier molecular flexibility index (Phi) is 5.98. The second-order valence-corrected chi connectivity index (χ2v) is 6.63. The summed E-state index contributed by atoms with van der Waals surface area (Å²) in [4.78, 5) is 16.1. The molecule has 1 aromatic heterocycles. The van der Waals surface area contributed by atoms with Crippen LogP contribution in [-0.4, -0.2) is 30.1 Å². The summed E-state index contributed by atoms with van der Waals surface area (Å²) in [5.41, 5.74) is 1.05. The van der Waals surface area contributed by atoms with Crippen molar-refractivity contribution in [2.24, 2.45) is 5.92 Å². The first-order chi connectivity index (χ1) is 9.63. The average molecular weight is 296 g/mol. The molecule has 0 aliphatic heterocycles. The number of aromatic nitrogens is 1. The van der Waals surface area contributed by atoms with Crippen molar-refractivity contribution < 1.29 is 9.53 Å². The van der Waals surface area contributed by atoms with E-state index in [1.807, 2.05) is 12.3 Å². The van der Waals surface area contributed by atoms with Gasteiger partial charge in [-0.2, -0.15) is 0 Å². The van der Waals surface area contributed by atoms with Gasteiger partial charge in [0.05, 0.1) is 11.1 Å². The number of nitrogens with zero attached hydrogens (tertiary/aromatic N) is 1. The van der Waals surface area contributed by atoms with Crippen molar-refractivity contribution in [2.45, 2.75) is 52.1 Å². The Bertz CT molecular complexity index is 433. The van der Waals surface area contributed by atoms with E-state index in [2.05, 4.69) is 17.2 Å². The number of hydrogen-bond acceptors (Lipinski definition) is 4. The molecular formula is C15H24N2O2S. The molecule has 20 heavy (non-hydrogen) atoms. The molecule has 0 unspecified atom stereocenters. The fourth-order valence-corrected chi connectivity index (χ4v) is 3.38. The van der Waals surface area contributed by atoms with Crippen molar-refractivity contribution in [3.63, 3.8) is 0 Å². The van der Waals surface area contributed by atoms with Crippen molar-refractivity contribution in [3.8, 4) is 0 Å². The summed E-state index contributed by atoms with van der Waals surface area (Å²) in [5.74, 6) is 0.710. The van der Waals surface area contributed by atoms with Crippen LogP contribution >= 0.6 is 11.3 Å². The van der Waals surface area contributed by atoms with Gasteiger partial charge in [-0.1, -0.05) is 19.8 Å². The molecule has 1 saturated carbocycles. The molecule has 0 spiro atoms. The lowest BCUT2D eigenvalue weighted by atomic mass is 9.89. The first kappa shape index (κ1) is 15.4. The minimum Gasteiger partial charge on any atom is -0.368 e. The Labute approximate surface area is 124 Å². The van der Waals surface area contributed by atoms with E-state index in [-0.39, 0.29) is 18.6 Å². The van der Waals surface area contributed by atoms with Crippen LogP contribution in [0.2, 0.25) is 0 Å². The summed E-state index contributed by atoms with van der Waals surface area (Å²) >= 11 is 1.64. The molecule has 2 rings (SSSR count). The number of hydrogen-bond donors (Lipinski definition) is 1. The zero-order chi connectivity index (χ0) is 14.4. The molecule has 4 nitrogen and oxygen atoms in total. The maximum atomic E-state index is 11.7. The van der Waals surface area contributed by atoms with E-state index in [9.17, 15) is 4.79 Å². The molecule has 1 fully saturated rings. The molecular weight excluding hydrogens is 272 g/mol. The van der Waals surface area contributed by atoms with Gasteiger partial charge in [-0.25, -0.2) is 4.98 Å². The number of nitrogens with one attached hydrogen (secondary N) is 1. The summed E-state index contributed by atoms with van der Waals surface area (Å²) in [6.07, 6.45) is 5.76. The molecule has 1 amide bonds. The van der Waals surface area contributed by atoms with Crippen LogP contribution in [0.5, 0.6) is 0 Å². The number of rotatable bonds is 6. The SMILES string of the molecule is Cc1csc(CCNC(=O)CO[C@H]2CCC[C@@H](C)C2)n1. The van der Waals surface area contributed by atoms with Crippen LogP contribution in [0.25, 0.3) is 0 Å². The maximum absolute atomic E-state index is 11.7. The van der Waals surface area contributed by atoms with Crippen molar-refractivity contribution in [3.05, 3.63) is 16.1 Å². The Morgan fingerprint density at radius 3 is 3.10 bits per heavy atom. The highest BCUT2D eigenvalue weighted by Gasteiger charge is 2.19. The highest BCUT2D eigenvalue weighted by Crippen LogP contribution is 2.25. The predicted molar refractivity (Wildman–Crippen MR) is 80.9 cm³/mol. The normalized spacial score (nSPS) is 22.7. The van der Waals surface area contributed by atoms with Gasteiger partial charge < -0.3 is 10.1 Å². The van der Waals surface area contributed by atoms with Gasteiger partial charge in [-0.05, 0) is 25.7 Å². The number of ether oxygens (including phenoxy) is 1. The van der Waals surface area contributed by atoms with E-state index in [0.29, 0.717) is 6.54 Å². The number of amides is 1. The second kappa shape index (κ2) is 7.74. The van der Waals surface area contributed by atoms with Crippen LogP contribution in [0.15, 0.2) is 5.38 Å². The molecule has 2 atom stereocenters. The summed E-state index contributed by atoms with van der Waals surface area (Å²) in [6.45, 7) is 5.06. The van der Waals surface area contributed by atoms with Crippen molar-refractivity contribution in [1.29, 1.82) is 0 Å². The fraction of sp³-hybridized carbons (Fsp3) is 0.733. The molecule has 1 N–H and O–H groups in total. The summed E-state index contributed by atoms with van der Waals surface area (Å²) in [5, 5.41) is 6.00. The van der Waals surface area contributed by atoms with Gasteiger partial charge in [0.25, 0.3) is 0 Å². The van der Waals surface area contributed by atoms with E-state index in [1.54, 1.807) is 11.3 Å². The third-order valence-electron chi connectivity index (χ3n) is 3.67. The Hall–Kier alpha value is -0.940. The standard InChI is InChI=1S/C15H24N2O2S/c1-11-4-3-5-13(8-11)19-9-14(18)16-7-6-15-17-12(2)10-20-15/h10-11,13H,3-9H2,1-2H3,(H,16,18)/t11-,13+/m1/s1. The zero-order valence-electron chi connectivity index (χ0n) is 12.4.